The predicted molar refractivity (Wildman–Crippen MR) is 89.8 cm³/mol. The van der Waals surface area contributed by atoms with E-state index in [4.69, 9.17) is 10.00 Å². The number of benzene rings is 1. The van der Waals surface area contributed by atoms with Gasteiger partial charge >= 0.3 is 0 Å². The molecule has 2 N–H and O–H groups in total. The van der Waals surface area contributed by atoms with Crippen LogP contribution in [0.2, 0.25) is 0 Å². The van der Waals surface area contributed by atoms with E-state index in [0.717, 1.165) is 18.4 Å². The first-order chi connectivity index (χ1) is 11.7. The Balaban J connectivity index is 1.60. The van der Waals surface area contributed by atoms with Crippen molar-refractivity contribution >= 4 is 11.7 Å². The summed E-state index contributed by atoms with van der Waals surface area (Å²) in [5, 5.41) is 15.2. The summed E-state index contributed by atoms with van der Waals surface area (Å²) >= 11 is 0. The van der Waals surface area contributed by atoms with Crippen LogP contribution in [0.3, 0.4) is 0 Å². The molecule has 0 unspecified atom stereocenters. The molecule has 1 aromatic carbocycles. The molecule has 0 spiro atoms. The summed E-state index contributed by atoms with van der Waals surface area (Å²) in [5.41, 5.74) is 2.00. The van der Waals surface area contributed by atoms with E-state index in [1.165, 1.54) is 0 Å². The first kappa shape index (κ1) is 15.8. The van der Waals surface area contributed by atoms with Gasteiger partial charge in [0.15, 0.2) is 0 Å². The van der Waals surface area contributed by atoms with Gasteiger partial charge in [-0.05, 0) is 42.7 Å². The molecule has 1 aromatic heterocycles. The van der Waals surface area contributed by atoms with E-state index in [-0.39, 0.29) is 5.91 Å². The summed E-state index contributed by atoms with van der Waals surface area (Å²) in [6.45, 7) is 0.527. The van der Waals surface area contributed by atoms with Gasteiger partial charge in [-0.15, -0.1) is 0 Å². The second kappa shape index (κ2) is 7.01. The zero-order valence-corrected chi connectivity index (χ0v) is 13.4. The molecular formula is C18H18N4O2. The molecule has 1 heterocycles. The Bertz CT molecular complexity index is 777. The second-order valence-electron chi connectivity index (χ2n) is 5.68. The van der Waals surface area contributed by atoms with Crippen molar-refractivity contribution in [3.63, 3.8) is 0 Å². The summed E-state index contributed by atoms with van der Waals surface area (Å²) in [5.74, 6) is 1.16. The quantitative estimate of drug-likeness (QED) is 0.853. The monoisotopic (exact) mass is 322 g/mol. The highest BCUT2D eigenvalue weighted by Crippen LogP contribution is 2.20. The molecule has 1 aliphatic rings. The summed E-state index contributed by atoms with van der Waals surface area (Å²) in [6, 6.07) is 11.4. The van der Waals surface area contributed by atoms with Crippen LogP contribution >= 0.6 is 0 Å². The van der Waals surface area contributed by atoms with Crippen molar-refractivity contribution in [3.05, 3.63) is 53.2 Å². The molecule has 1 saturated carbocycles. The molecule has 1 aliphatic carbocycles. The lowest BCUT2D eigenvalue weighted by atomic mass is 10.1. The zero-order chi connectivity index (χ0) is 16.9. The molecular weight excluding hydrogens is 304 g/mol. The Morgan fingerprint density at radius 1 is 1.38 bits per heavy atom. The number of methoxy groups -OCH3 is 1. The topological polar surface area (TPSA) is 87.0 Å². The zero-order valence-electron chi connectivity index (χ0n) is 13.4. The molecule has 122 valence electrons. The van der Waals surface area contributed by atoms with Crippen LogP contribution in [0.5, 0.6) is 5.75 Å². The third-order valence-electron chi connectivity index (χ3n) is 3.80. The molecule has 0 aliphatic heterocycles. The third-order valence-corrected chi connectivity index (χ3v) is 3.80. The maximum atomic E-state index is 11.9. The molecule has 1 amide bonds. The van der Waals surface area contributed by atoms with Crippen molar-refractivity contribution in [3.8, 4) is 11.8 Å². The second-order valence-corrected chi connectivity index (χ2v) is 5.68. The van der Waals surface area contributed by atoms with E-state index < -0.39 is 0 Å². The normalized spacial score (nSPS) is 13.0. The number of amides is 1. The highest BCUT2D eigenvalue weighted by Gasteiger charge is 2.23. The van der Waals surface area contributed by atoms with Gasteiger partial charge in [0.1, 0.15) is 17.6 Å². The van der Waals surface area contributed by atoms with Crippen LogP contribution in [0.15, 0.2) is 36.5 Å². The van der Waals surface area contributed by atoms with E-state index in [9.17, 15) is 4.79 Å². The molecule has 0 atom stereocenters. The lowest BCUT2D eigenvalue weighted by molar-refractivity contribution is 0.0951. The van der Waals surface area contributed by atoms with Crippen molar-refractivity contribution in [1.82, 2.24) is 10.3 Å². The maximum Gasteiger partial charge on any atom is 0.253 e. The van der Waals surface area contributed by atoms with Crippen molar-refractivity contribution in [1.29, 1.82) is 5.26 Å². The first-order valence-electron chi connectivity index (χ1n) is 7.77. The fourth-order valence-electron chi connectivity index (χ4n) is 2.27. The minimum absolute atomic E-state index is 0.0784. The first-order valence-corrected chi connectivity index (χ1v) is 7.77. The molecule has 0 radical (unpaired) electrons. The SMILES string of the molecule is COc1ccc(CNc2ccc(C(=O)NC3CC3)cn2)cc1C#N. The minimum atomic E-state index is -0.0784. The molecule has 3 rings (SSSR count). The largest absolute Gasteiger partial charge is 0.495 e. The van der Waals surface area contributed by atoms with Crippen LogP contribution in [0.4, 0.5) is 5.82 Å². The number of nitrogens with one attached hydrogen (secondary N) is 2. The molecule has 24 heavy (non-hydrogen) atoms. The van der Waals surface area contributed by atoms with Gasteiger partial charge in [-0.2, -0.15) is 5.26 Å². The Labute approximate surface area is 140 Å². The number of rotatable bonds is 6. The summed E-state index contributed by atoms with van der Waals surface area (Å²) in [4.78, 5) is 16.2. The van der Waals surface area contributed by atoms with E-state index in [1.807, 2.05) is 6.07 Å². The van der Waals surface area contributed by atoms with Gasteiger partial charge < -0.3 is 15.4 Å². The number of nitriles is 1. The van der Waals surface area contributed by atoms with Gasteiger partial charge in [0.2, 0.25) is 0 Å². The number of carbonyl (C=O) groups excluding carboxylic acids is 1. The fraction of sp³-hybridized carbons (Fsp3) is 0.278. The number of carbonyl (C=O) groups is 1. The number of pyridine rings is 1. The van der Waals surface area contributed by atoms with E-state index in [1.54, 1.807) is 37.6 Å². The van der Waals surface area contributed by atoms with E-state index in [0.29, 0.717) is 35.3 Å². The van der Waals surface area contributed by atoms with E-state index in [2.05, 4.69) is 21.7 Å². The van der Waals surface area contributed by atoms with Gasteiger partial charge in [-0.25, -0.2) is 4.98 Å². The average Bonchev–Trinajstić information content (AvgIpc) is 3.44. The van der Waals surface area contributed by atoms with Gasteiger partial charge in [0, 0.05) is 18.8 Å². The average molecular weight is 322 g/mol. The van der Waals surface area contributed by atoms with Crippen LogP contribution in [-0.2, 0) is 6.54 Å². The Hall–Kier alpha value is -3.07. The lowest BCUT2D eigenvalue weighted by Crippen LogP contribution is -2.25. The number of nitrogens with zero attached hydrogens (tertiary/aromatic N) is 2. The highest BCUT2D eigenvalue weighted by atomic mass is 16.5. The summed E-state index contributed by atoms with van der Waals surface area (Å²) < 4.78 is 5.13. The van der Waals surface area contributed by atoms with Gasteiger partial charge in [0.25, 0.3) is 5.91 Å². The Morgan fingerprint density at radius 3 is 2.83 bits per heavy atom. The van der Waals surface area contributed by atoms with Gasteiger partial charge in [-0.3, -0.25) is 4.79 Å². The number of ether oxygens (including phenoxy) is 1. The Morgan fingerprint density at radius 2 is 2.21 bits per heavy atom. The fourth-order valence-corrected chi connectivity index (χ4v) is 2.27. The van der Waals surface area contributed by atoms with Crippen molar-refractivity contribution in [2.45, 2.75) is 25.4 Å². The molecule has 6 heteroatoms. The molecule has 0 saturated heterocycles. The van der Waals surface area contributed by atoms with Gasteiger partial charge in [-0.1, -0.05) is 6.07 Å². The Kier molecular flexibility index (Phi) is 4.62. The maximum absolute atomic E-state index is 11.9. The van der Waals surface area contributed by atoms with Crippen molar-refractivity contribution in [2.24, 2.45) is 0 Å². The molecule has 6 nitrogen and oxygen atoms in total. The van der Waals surface area contributed by atoms with Gasteiger partial charge in [0.05, 0.1) is 18.2 Å². The van der Waals surface area contributed by atoms with Crippen molar-refractivity contribution < 1.29 is 9.53 Å². The number of hydrogen-bond acceptors (Lipinski definition) is 5. The third kappa shape index (κ3) is 3.82. The molecule has 0 bridgehead atoms. The number of aromatic nitrogens is 1. The predicted octanol–water partition coefficient (Wildman–Crippen LogP) is 2.47. The lowest BCUT2D eigenvalue weighted by Gasteiger charge is -2.09. The summed E-state index contributed by atoms with van der Waals surface area (Å²) in [7, 11) is 1.54. The molecule has 2 aromatic rings. The molecule has 1 fully saturated rings. The van der Waals surface area contributed by atoms with Crippen LogP contribution in [0, 0.1) is 11.3 Å². The smallest absolute Gasteiger partial charge is 0.253 e. The standard InChI is InChI=1S/C18H18N4O2/c1-24-16-6-2-12(8-14(16)9-19)10-20-17-7-3-13(11-21-17)18(23)22-15-4-5-15/h2-3,6-8,11,15H,4-5,10H2,1H3,(H,20,21)(H,22,23). The summed E-state index contributed by atoms with van der Waals surface area (Å²) in [6.07, 6.45) is 3.69. The van der Waals surface area contributed by atoms with Crippen LogP contribution in [0.1, 0.15) is 34.3 Å². The van der Waals surface area contributed by atoms with Crippen LogP contribution < -0.4 is 15.4 Å². The van der Waals surface area contributed by atoms with Crippen LogP contribution in [-0.4, -0.2) is 24.0 Å². The number of hydrogen-bond donors (Lipinski definition) is 2. The highest BCUT2D eigenvalue weighted by molar-refractivity contribution is 5.94. The minimum Gasteiger partial charge on any atom is -0.495 e. The van der Waals surface area contributed by atoms with Crippen molar-refractivity contribution in [2.75, 3.05) is 12.4 Å². The van der Waals surface area contributed by atoms with E-state index >= 15 is 0 Å². The number of anilines is 1. The van der Waals surface area contributed by atoms with Crippen LogP contribution in [0.25, 0.3) is 0 Å².